The molecule has 0 aliphatic heterocycles. The third-order valence-corrected chi connectivity index (χ3v) is 1.24. The fourth-order valence-corrected chi connectivity index (χ4v) is 0.664. The fraction of sp³-hybridized carbons (Fsp3) is 0.333. The summed E-state index contributed by atoms with van der Waals surface area (Å²) in [6.07, 6.45) is 3.10. The van der Waals surface area contributed by atoms with Gasteiger partial charge in [0.05, 0.1) is 18.1 Å². The molecule has 1 heterocycles. The second kappa shape index (κ2) is 5.09. The van der Waals surface area contributed by atoms with Crippen molar-refractivity contribution in [3.63, 3.8) is 0 Å². The predicted octanol–water partition coefficient (Wildman–Crippen LogP) is 1.14. The van der Waals surface area contributed by atoms with E-state index in [0.717, 1.165) is 5.69 Å². The number of aromatic nitrogens is 2. The van der Waals surface area contributed by atoms with E-state index in [0.29, 0.717) is 5.88 Å². The Bertz CT molecular complexity index is 313. The molecule has 3 nitrogen and oxygen atoms in total. The van der Waals surface area contributed by atoms with Crippen LogP contribution in [-0.4, -0.2) is 23.2 Å². The van der Waals surface area contributed by atoms with Crippen molar-refractivity contribution >= 4 is 0 Å². The molecule has 0 amide bonds. The molecule has 0 radical (unpaired) electrons. The molecule has 0 unspecified atom stereocenters. The smallest absolute Gasteiger partial charge is 0.233 e. The molecular weight excluding hydrogens is 171 g/mol. The standard InChI is InChI=1S/C9H9FN2O/c1-8-6-12-9(7-11-8)13-5-3-2-4-10/h6-7H,4-5H2,1H3. The molecule has 68 valence electrons. The van der Waals surface area contributed by atoms with Gasteiger partial charge >= 0.3 is 0 Å². The van der Waals surface area contributed by atoms with Gasteiger partial charge in [-0.3, -0.25) is 4.98 Å². The number of ether oxygens (including phenoxy) is 1. The highest BCUT2D eigenvalue weighted by atomic mass is 19.1. The van der Waals surface area contributed by atoms with E-state index >= 15 is 0 Å². The van der Waals surface area contributed by atoms with Crippen molar-refractivity contribution in [2.45, 2.75) is 6.92 Å². The molecule has 0 bridgehead atoms. The lowest BCUT2D eigenvalue weighted by molar-refractivity contribution is 0.353. The zero-order valence-corrected chi connectivity index (χ0v) is 7.25. The van der Waals surface area contributed by atoms with Gasteiger partial charge in [0.15, 0.2) is 6.61 Å². The van der Waals surface area contributed by atoms with Gasteiger partial charge in [0.2, 0.25) is 5.88 Å². The fourth-order valence-electron chi connectivity index (χ4n) is 0.664. The Morgan fingerprint density at radius 3 is 2.85 bits per heavy atom. The van der Waals surface area contributed by atoms with Gasteiger partial charge < -0.3 is 4.74 Å². The number of aryl methyl sites for hydroxylation is 1. The second-order valence-electron chi connectivity index (χ2n) is 2.27. The summed E-state index contributed by atoms with van der Waals surface area (Å²) in [5.74, 6) is 5.12. The van der Waals surface area contributed by atoms with Crippen LogP contribution in [0.4, 0.5) is 4.39 Å². The summed E-state index contributed by atoms with van der Waals surface area (Å²) in [7, 11) is 0. The van der Waals surface area contributed by atoms with Gasteiger partial charge in [-0.2, -0.15) is 0 Å². The van der Waals surface area contributed by atoms with Crippen molar-refractivity contribution in [1.29, 1.82) is 0 Å². The highest BCUT2D eigenvalue weighted by molar-refractivity contribution is 5.08. The second-order valence-corrected chi connectivity index (χ2v) is 2.27. The number of alkyl halides is 1. The van der Waals surface area contributed by atoms with Crippen LogP contribution in [0.2, 0.25) is 0 Å². The van der Waals surface area contributed by atoms with Crippen molar-refractivity contribution < 1.29 is 9.13 Å². The normalized spacial score (nSPS) is 8.77. The van der Waals surface area contributed by atoms with E-state index in [1.807, 2.05) is 6.92 Å². The molecule has 0 N–H and O–H groups in total. The summed E-state index contributed by atoms with van der Waals surface area (Å²) in [5.41, 5.74) is 0.821. The molecule has 0 atom stereocenters. The zero-order chi connectivity index (χ0) is 9.52. The molecule has 13 heavy (non-hydrogen) atoms. The van der Waals surface area contributed by atoms with Crippen LogP contribution in [0, 0.1) is 18.8 Å². The summed E-state index contributed by atoms with van der Waals surface area (Å²) in [6.45, 7) is 1.32. The van der Waals surface area contributed by atoms with Crippen molar-refractivity contribution in [3.05, 3.63) is 18.1 Å². The van der Waals surface area contributed by atoms with Gasteiger partial charge in [0.1, 0.15) is 6.67 Å². The summed E-state index contributed by atoms with van der Waals surface area (Å²) in [6, 6.07) is 0. The first kappa shape index (κ1) is 9.46. The lowest BCUT2D eigenvalue weighted by atomic mass is 10.5. The van der Waals surface area contributed by atoms with E-state index in [9.17, 15) is 4.39 Å². The number of nitrogens with zero attached hydrogens (tertiary/aromatic N) is 2. The molecule has 0 saturated heterocycles. The van der Waals surface area contributed by atoms with Crippen molar-refractivity contribution in [1.82, 2.24) is 9.97 Å². The molecule has 1 aromatic heterocycles. The molecule has 0 fully saturated rings. The Kier molecular flexibility index (Phi) is 3.71. The average molecular weight is 180 g/mol. The van der Waals surface area contributed by atoms with Gasteiger partial charge in [-0.15, -0.1) is 0 Å². The van der Waals surface area contributed by atoms with E-state index in [4.69, 9.17) is 4.74 Å². The van der Waals surface area contributed by atoms with Gasteiger partial charge in [0, 0.05) is 0 Å². The van der Waals surface area contributed by atoms with E-state index in [1.54, 1.807) is 6.20 Å². The maximum atomic E-state index is 11.5. The number of hydrogen-bond donors (Lipinski definition) is 0. The van der Waals surface area contributed by atoms with Gasteiger partial charge in [-0.1, -0.05) is 11.8 Å². The first-order chi connectivity index (χ1) is 6.33. The van der Waals surface area contributed by atoms with E-state index < -0.39 is 6.67 Å². The molecular formula is C9H9FN2O. The lowest BCUT2D eigenvalue weighted by Crippen LogP contribution is -1.97. The predicted molar refractivity (Wildman–Crippen MR) is 46.0 cm³/mol. The van der Waals surface area contributed by atoms with E-state index in [2.05, 4.69) is 21.8 Å². The number of rotatable bonds is 2. The maximum Gasteiger partial charge on any atom is 0.233 e. The molecule has 0 saturated carbocycles. The van der Waals surface area contributed by atoms with Crippen molar-refractivity contribution in [2.24, 2.45) is 0 Å². The molecule has 0 aromatic carbocycles. The Labute approximate surface area is 76.0 Å². The summed E-state index contributed by atoms with van der Waals surface area (Å²) in [5, 5.41) is 0. The molecule has 0 aliphatic rings. The van der Waals surface area contributed by atoms with Crippen LogP contribution in [-0.2, 0) is 0 Å². The van der Waals surface area contributed by atoms with Crippen molar-refractivity contribution in [2.75, 3.05) is 13.3 Å². The Hall–Kier alpha value is -1.63. The zero-order valence-electron chi connectivity index (χ0n) is 7.25. The first-order valence-corrected chi connectivity index (χ1v) is 3.76. The Balaban J connectivity index is 2.41. The quantitative estimate of drug-likeness (QED) is 0.640. The Morgan fingerprint density at radius 1 is 1.38 bits per heavy atom. The lowest BCUT2D eigenvalue weighted by Gasteiger charge is -1.98. The minimum absolute atomic E-state index is 0.141. The summed E-state index contributed by atoms with van der Waals surface area (Å²) in [4.78, 5) is 7.90. The minimum Gasteiger partial charge on any atom is -0.463 e. The monoisotopic (exact) mass is 180 g/mol. The van der Waals surface area contributed by atoms with Crippen LogP contribution in [0.15, 0.2) is 12.4 Å². The summed E-state index contributed by atoms with van der Waals surface area (Å²) < 4.78 is 16.6. The van der Waals surface area contributed by atoms with Crippen LogP contribution < -0.4 is 4.74 Å². The molecule has 0 aliphatic carbocycles. The van der Waals surface area contributed by atoms with Crippen LogP contribution >= 0.6 is 0 Å². The van der Waals surface area contributed by atoms with E-state index in [1.165, 1.54) is 6.20 Å². The molecule has 4 heteroatoms. The van der Waals surface area contributed by atoms with Crippen LogP contribution in [0.3, 0.4) is 0 Å². The third-order valence-electron chi connectivity index (χ3n) is 1.24. The van der Waals surface area contributed by atoms with Crippen molar-refractivity contribution in [3.8, 4) is 17.7 Å². The SMILES string of the molecule is Cc1cnc(OCC#CCF)cn1. The number of halogens is 1. The largest absolute Gasteiger partial charge is 0.463 e. The third kappa shape index (κ3) is 3.52. The average Bonchev–Trinajstić information content (AvgIpc) is 2.15. The van der Waals surface area contributed by atoms with Crippen LogP contribution in [0.5, 0.6) is 5.88 Å². The van der Waals surface area contributed by atoms with E-state index in [-0.39, 0.29) is 6.61 Å². The highest BCUT2D eigenvalue weighted by Gasteiger charge is 1.92. The molecule has 1 rings (SSSR count). The van der Waals surface area contributed by atoms with Gasteiger partial charge in [-0.05, 0) is 6.92 Å². The molecule has 1 aromatic rings. The first-order valence-electron chi connectivity index (χ1n) is 3.76. The summed E-state index contributed by atoms with van der Waals surface area (Å²) >= 11 is 0. The van der Waals surface area contributed by atoms with Gasteiger partial charge in [-0.25, -0.2) is 9.37 Å². The molecule has 0 spiro atoms. The van der Waals surface area contributed by atoms with Gasteiger partial charge in [0.25, 0.3) is 0 Å². The topological polar surface area (TPSA) is 35.0 Å². The Morgan fingerprint density at radius 2 is 2.23 bits per heavy atom. The highest BCUT2D eigenvalue weighted by Crippen LogP contribution is 2.01. The van der Waals surface area contributed by atoms with Crippen LogP contribution in [0.25, 0.3) is 0 Å². The minimum atomic E-state index is -0.650. The van der Waals surface area contributed by atoms with Crippen LogP contribution in [0.1, 0.15) is 5.69 Å². The maximum absolute atomic E-state index is 11.5. The number of hydrogen-bond acceptors (Lipinski definition) is 3.